The van der Waals surface area contributed by atoms with Gasteiger partial charge in [0.2, 0.25) is 0 Å². The first-order valence-corrected chi connectivity index (χ1v) is 9.11. The van der Waals surface area contributed by atoms with E-state index in [1.54, 1.807) is 18.4 Å². The molecule has 3 aromatic heterocycles. The number of halogens is 3. The first-order chi connectivity index (χ1) is 13.8. The molecule has 11 heteroatoms. The highest BCUT2D eigenvalue weighted by molar-refractivity contribution is 7.13. The van der Waals surface area contributed by atoms with Crippen LogP contribution in [-0.4, -0.2) is 31.9 Å². The van der Waals surface area contributed by atoms with Crippen LogP contribution in [0, 0.1) is 6.92 Å². The Morgan fingerprint density at radius 2 is 2.00 bits per heavy atom. The number of hydrogen-bond donors (Lipinski definition) is 1. The standard InChI is InChI=1S/C18H12F3N5O2S/c1-10-9-29-17(23-10)25-16(27)12-8-22-26-7-6-13(24-15(12)26)11-4-2-3-5-14(11)28-18(19,20)21/h2-9H,1H3,(H,23,25,27). The molecule has 1 amide bonds. The van der Waals surface area contributed by atoms with Crippen molar-refractivity contribution in [2.24, 2.45) is 0 Å². The zero-order valence-electron chi connectivity index (χ0n) is 14.8. The number of aromatic nitrogens is 4. The van der Waals surface area contributed by atoms with Gasteiger partial charge in [0.25, 0.3) is 5.91 Å². The van der Waals surface area contributed by atoms with Gasteiger partial charge in [-0.2, -0.15) is 5.10 Å². The maximum absolute atomic E-state index is 12.7. The zero-order valence-corrected chi connectivity index (χ0v) is 15.6. The molecule has 3 heterocycles. The quantitative estimate of drug-likeness (QED) is 0.533. The van der Waals surface area contributed by atoms with E-state index in [1.807, 2.05) is 0 Å². The Kier molecular flexibility index (Phi) is 4.66. The van der Waals surface area contributed by atoms with Crippen LogP contribution in [0.4, 0.5) is 18.3 Å². The fourth-order valence-electron chi connectivity index (χ4n) is 2.65. The number of aryl methyl sites for hydroxylation is 1. The molecular weight excluding hydrogens is 407 g/mol. The number of thiazole rings is 1. The molecule has 1 N–H and O–H groups in total. The molecule has 0 aliphatic heterocycles. The van der Waals surface area contributed by atoms with E-state index in [1.165, 1.54) is 52.5 Å². The molecule has 0 aliphatic rings. The summed E-state index contributed by atoms with van der Waals surface area (Å²) in [6.07, 6.45) is -2.00. The first kappa shape index (κ1) is 18.9. The number of anilines is 1. The monoisotopic (exact) mass is 419 g/mol. The molecule has 0 saturated carbocycles. The van der Waals surface area contributed by atoms with E-state index in [4.69, 9.17) is 0 Å². The number of para-hydroxylation sites is 1. The Hall–Kier alpha value is -3.47. The minimum absolute atomic E-state index is 0.135. The number of amides is 1. The lowest BCUT2D eigenvalue weighted by atomic mass is 10.1. The Morgan fingerprint density at radius 3 is 2.72 bits per heavy atom. The van der Waals surface area contributed by atoms with E-state index in [0.717, 1.165) is 5.69 Å². The third-order valence-electron chi connectivity index (χ3n) is 3.84. The van der Waals surface area contributed by atoms with Gasteiger partial charge in [0, 0.05) is 17.1 Å². The number of carbonyl (C=O) groups is 1. The van der Waals surface area contributed by atoms with Gasteiger partial charge in [0.05, 0.1) is 17.6 Å². The Morgan fingerprint density at radius 1 is 1.21 bits per heavy atom. The van der Waals surface area contributed by atoms with Gasteiger partial charge in [-0.1, -0.05) is 12.1 Å². The Balaban J connectivity index is 1.72. The van der Waals surface area contributed by atoms with Gasteiger partial charge in [-0.15, -0.1) is 24.5 Å². The number of fused-ring (bicyclic) bond motifs is 1. The molecule has 4 aromatic rings. The number of alkyl halides is 3. The average Bonchev–Trinajstić information content (AvgIpc) is 3.26. The molecule has 0 unspecified atom stereocenters. The third kappa shape index (κ3) is 4.04. The van der Waals surface area contributed by atoms with Crippen molar-refractivity contribution in [2.45, 2.75) is 13.3 Å². The molecule has 0 spiro atoms. The van der Waals surface area contributed by atoms with Gasteiger partial charge < -0.3 is 4.74 Å². The zero-order chi connectivity index (χ0) is 20.6. The second-order valence-corrected chi connectivity index (χ2v) is 6.79. The van der Waals surface area contributed by atoms with E-state index in [9.17, 15) is 18.0 Å². The van der Waals surface area contributed by atoms with Crippen molar-refractivity contribution in [3.8, 4) is 17.0 Å². The van der Waals surface area contributed by atoms with Crippen LogP contribution in [0.25, 0.3) is 16.9 Å². The van der Waals surface area contributed by atoms with Crippen LogP contribution in [0.15, 0.2) is 48.1 Å². The molecule has 29 heavy (non-hydrogen) atoms. The molecule has 4 rings (SSSR count). The summed E-state index contributed by atoms with van der Waals surface area (Å²) in [7, 11) is 0. The summed E-state index contributed by atoms with van der Waals surface area (Å²) in [5, 5.41) is 8.94. The van der Waals surface area contributed by atoms with Crippen molar-refractivity contribution in [3.63, 3.8) is 0 Å². The normalized spacial score (nSPS) is 11.6. The van der Waals surface area contributed by atoms with Crippen molar-refractivity contribution in [1.82, 2.24) is 19.6 Å². The SMILES string of the molecule is Cc1csc(NC(=O)c2cnn3ccc(-c4ccccc4OC(F)(F)F)nc23)n1. The summed E-state index contributed by atoms with van der Waals surface area (Å²) in [5.41, 5.74) is 1.46. The van der Waals surface area contributed by atoms with Gasteiger partial charge in [-0.05, 0) is 25.1 Å². The fourth-order valence-corrected chi connectivity index (χ4v) is 3.33. The number of nitrogens with zero attached hydrogens (tertiary/aromatic N) is 4. The van der Waals surface area contributed by atoms with Gasteiger partial charge in [-0.3, -0.25) is 10.1 Å². The highest BCUT2D eigenvalue weighted by Crippen LogP contribution is 2.33. The predicted octanol–water partition coefficient (Wildman–Crippen LogP) is 4.31. The average molecular weight is 419 g/mol. The number of benzene rings is 1. The van der Waals surface area contributed by atoms with Crippen molar-refractivity contribution in [3.05, 3.63) is 59.4 Å². The summed E-state index contributed by atoms with van der Waals surface area (Å²) < 4.78 is 43.6. The van der Waals surface area contributed by atoms with Gasteiger partial charge in [0.15, 0.2) is 10.8 Å². The highest BCUT2D eigenvalue weighted by Gasteiger charge is 2.32. The maximum Gasteiger partial charge on any atom is 0.573 e. The lowest BCUT2D eigenvalue weighted by molar-refractivity contribution is -0.274. The van der Waals surface area contributed by atoms with E-state index in [2.05, 4.69) is 25.1 Å². The number of ether oxygens (including phenoxy) is 1. The van der Waals surface area contributed by atoms with Crippen molar-refractivity contribution >= 4 is 28.0 Å². The molecule has 0 saturated heterocycles. The molecular formula is C18H12F3N5O2S. The summed E-state index contributed by atoms with van der Waals surface area (Å²) in [5.74, 6) is -0.862. The summed E-state index contributed by atoms with van der Waals surface area (Å²) in [6.45, 7) is 1.80. The summed E-state index contributed by atoms with van der Waals surface area (Å²) in [4.78, 5) is 21.1. The van der Waals surface area contributed by atoms with Crippen LogP contribution in [-0.2, 0) is 0 Å². The minimum Gasteiger partial charge on any atom is -0.405 e. The lowest BCUT2D eigenvalue weighted by Gasteiger charge is -2.13. The van der Waals surface area contributed by atoms with Gasteiger partial charge >= 0.3 is 6.36 Å². The molecule has 0 aliphatic carbocycles. The van der Waals surface area contributed by atoms with Crippen LogP contribution in [0.5, 0.6) is 5.75 Å². The van der Waals surface area contributed by atoms with E-state index in [0.29, 0.717) is 5.13 Å². The predicted molar refractivity (Wildman–Crippen MR) is 99.9 cm³/mol. The number of carbonyl (C=O) groups excluding carboxylic acids is 1. The smallest absolute Gasteiger partial charge is 0.405 e. The highest BCUT2D eigenvalue weighted by atomic mass is 32.1. The second-order valence-electron chi connectivity index (χ2n) is 5.93. The molecule has 148 valence electrons. The van der Waals surface area contributed by atoms with Crippen molar-refractivity contribution in [2.75, 3.05) is 5.32 Å². The number of rotatable bonds is 4. The summed E-state index contributed by atoms with van der Waals surface area (Å²) >= 11 is 1.27. The first-order valence-electron chi connectivity index (χ1n) is 8.23. The van der Waals surface area contributed by atoms with E-state index in [-0.39, 0.29) is 28.2 Å². The molecule has 0 radical (unpaired) electrons. The van der Waals surface area contributed by atoms with Crippen LogP contribution >= 0.6 is 11.3 Å². The maximum atomic E-state index is 12.7. The topological polar surface area (TPSA) is 81.4 Å². The van der Waals surface area contributed by atoms with E-state index < -0.39 is 12.3 Å². The van der Waals surface area contributed by atoms with Crippen LogP contribution in [0.2, 0.25) is 0 Å². The van der Waals surface area contributed by atoms with Gasteiger partial charge in [-0.25, -0.2) is 14.5 Å². The fraction of sp³-hybridized carbons (Fsp3) is 0.111. The van der Waals surface area contributed by atoms with Crippen LogP contribution in [0.3, 0.4) is 0 Å². The Labute approximate surface area is 165 Å². The molecule has 7 nitrogen and oxygen atoms in total. The van der Waals surface area contributed by atoms with Crippen molar-refractivity contribution in [1.29, 1.82) is 0 Å². The Bertz CT molecular complexity index is 1200. The molecule has 1 aromatic carbocycles. The van der Waals surface area contributed by atoms with Crippen molar-refractivity contribution < 1.29 is 22.7 Å². The van der Waals surface area contributed by atoms with Crippen LogP contribution in [0.1, 0.15) is 16.1 Å². The molecule has 0 fully saturated rings. The van der Waals surface area contributed by atoms with E-state index >= 15 is 0 Å². The van der Waals surface area contributed by atoms with Crippen LogP contribution < -0.4 is 10.1 Å². The van der Waals surface area contributed by atoms with Gasteiger partial charge in [0.1, 0.15) is 11.3 Å². The lowest BCUT2D eigenvalue weighted by Crippen LogP contribution is -2.17. The molecule has 0 atom stereocenters. The minimum atomic E-state index is -4.84. The molecule has 0 bridgehead atoms. The third-order valence-corrected chi connectivity index (χ3v) is 4.72. The number of hydrogen-bond acceptors (Lipinski definition) is 6. The second kappa shape index (κ2) is 7.17. The number of nitrogens with one attached hydrogen (secondary N) is 1. The summed E-state index contributed by atoms with van der Waals surface area (Å²) in [6, 6.07) is 7.14. The largest absolute Gasteiger partial charge is 0.573 e.